The van der Waals surface area contributed by atoms with Crippen molar-refractivity contribution in [3.05, 3.63) is 0 Å². The lowest BCUT2D eigenvalue weighted by Gasteiger charge is -2.23. The first kappa shape index (κ1) is 26.5. The number of carbonyl (C=O) groups excluding carboxylic acids is 1. The Balaban J connectivity index is 3.93. The SMILES string of the molecule is CCCCCCCCCCCCC(CCCCCCC)OC(=O)C(C)(C)C. The third kappa shape index (κ3) is 17.3. The molecule has 0 aromatic carbocycles. The molecule has 0 aromatic rings. The van der Waals surface area contributed by atoms with E-state index in [4.69, 9.17) is 4.74 Å². The summed E-state index contributed by atoms with van der Waals surface area (Å²) in [6, 6.07) is 0. The van der Waals surface area contributed by atoms with Crippen molar-refractivity contribution in [2.45, 2.75) is 150 Å². The van der Waals surface area contributed by atoms with Crippen molar-refractivity contribution >= 4 is 5.97 Å². The second kappa shape index (κ2) is 17.6. The number of esters is 1. The molecular weight excluding hydrogens is 332 g/mol. The van der Waals surface area contributed by atoms with Crippen LogP contribution in [-0.4, -0.2) is 12.1 Å². The van der Waals surface area contributed by atoms with Crippen LogP contribution in [0, 0.1) is 5.41 Å². The van der Waals surface area contributed by atoms with E-state index < -0.39 is 5.41 Å². The number of rotatable bonds is 18. The third-order valence-electron chi connectivity index (χ3n) is 5.40. The van der Waals surface area contributed by atoms with Gasteiger partial charge in [0.2, 0.25) is 0 Å². The Kier molecular flexibility index (Phi) is 17.2. The van der Waals surface area contributed by atoms with Crippen LogP contribution in [0.2, 0.25) is 0 Å². The second-order valence-corrected chi connectivity index (χ2v) is 9.45. The van der Waals surface area contributed by atoms with Gasteiger partial charge in [-0.3, -0.25) is 4.79 Å². The first-order valence-electron chi connectivity index (χ1n) is 12.1. The van der Waals surface area contributed by atoms with Crippen LogP contribution in [0.4, 0.5) is 0 Å². The molecular formula is C25H50O2. The summed E-state index contributed by atoms with van der Waals surface area (Å²) in [5, 5.41) is 0. The topological polar surface area (TPSA) is 26.3 Å². The zero-order valence-corrected chi connectivity index (χ0v) is 19.4. The molecule has 0 fully saturated rings. The smallest absolute Gasteiger partial charge is 0.311 e. The standard InChI is InChI=1S/C25H50O2/c1-6-8-10-12-13-14-15-16-18-20-22-23(21-19-17-11-9-7-2)27-24(26)25(3,4)5/h23H,6-22H2,1-5H3. The van der Waals surface area contributed by atoms with Gasteiger partial charge in [-0.15, -0.1) is 0 Å². The molecule has 0 aliphatic rings. The van der Waals surface area contributed by atoms with E-state index in [0.717, 1.165) is 12.8 Å². The quantitative estimate of drug-likeness (QED) is 0.175. The molecule has 0 aromatic heterocycles. The van der Waals surface area contributed by atoms with Crippen LogP contribution in [0.5, 0.6) is 0 Å². The van der Waals surface area contributed by atoms with Crippen molar-refractivity contribution in [2.75, 3.05) is 0 Å². The van der Waals surface area contributed by atoms with Gasteiger partial charge in [-0.1, -0.05) is 97.3 Å². The number of ether oxygens (including phenoxy) is 1. The van der Waals surface area contributed by atoms with Crippen molar-refractivity contribution in [3.63, 3.8) is 0 Å². The average molecular weight is 383 g/mol. The van der Waals surface area contributed by atoms with Gasteiger partial charge in [0, 0.05) is 0 Å². The molecule has 2 heteroatoms. The van der Waals surface area contributed by atoms with E-state index in [1.54, 1.807) is 0 Å². The van der Waals surface area contributed by atoms with Crippen molar-refractivity contribution in [1.82, 2.24) is 0 Å². The van der Waals surface area contributed by atoms with Crippen LogP contribution < -0.4 is 0 Å². The van der Waals surface area contributed by atoms with Crippen LogP contribution in [0.3, 0.4) is 0 Å². The molecule has 0 spiro atoms. The third-order valence-corrected chi connectivity index (χ3v) is 5.40. The van der Waals surface area contributed by atoms with Gasteiger partial charge in [-0.2, -0.15) is 0 Å². The van der Waals surface area contributed by atoms with E-state index in [2.05, 4.69) is 13.8 Å². The van der Waals surface area contributed by atoms with Crippen LogP contribution in [-0.2, 0) is 9.53 Å². The predicted octanol–water partition coefficient (Wildman–Crippen LogP) is 8.62. The lowest BCUT2D eigenvalue weighted by molar-refractivity contribution is -0.159. The van der Waals surface area contributed by atoms with Crippen LogP contribution >= 0.6 is 0 Å². The number of hydrogen-bond donors (Lipinski definition) is 0. The fraction of sp³-hybridized carbons (Fsp3) is 0.960. The van der Waals surface area contributed by atoms with E-state index in [1.165, 1.54) is 96.3 Å². The summed E-state index contributed by atoms with van der Waals surface area (Å²) in [5.41, 5.74) is -0.391. The molecule has 0 rings (SSSR count). The van der Waals surface area contributed by atoms with E-state index >= 15 is 0 Å². The highest BCUT2D eigenvalue weighted by atomic mass is 16.5. The summed E-state index contributed by atoms with van der Waals surface area (Å²) in [4.78, 5) is 12.3. The second-order valence-electron chi connectivity index (χ2n) is 9.45. The lowest BCUT2D eigenvalue weighted by Crippen LogP contribution is -2.28. The highest BCUT2D eigenvalue weighted by molar-refractivity contribution is 5.75. The highest BCUT2D eigenvalue weighted by Gasteiger charge is 2.26. The maximum atomic E-state index is 12.3. The summed E-state index contributed by atoms with van der Waals surface area (Å²) >= 11 is 0. The van der Waals surface area contributed by atoms with Gasteiger partial charge < -0.3 is 4.74 Å². The van der Waals surface area contributed by atoms with Gasteiger partial charge in [-0.05, 0) is 46.5 Å². The van der Waals surface area contributed by atoms with Crippen LogP contribution in [0.1, 0.15) is 144 Å². The summed E-state index contributed by atoms with van der Waals surface area (Å²) < 4.78 is 5.87. The lowest BCUT2D eigenvalue weighted by atomic mass is 9.96. The fourth-order valence-corrected chi connectivity index (χ4v) is 3.43. The van der Waals surface area contributed by atoms with E-state index in [1.807, 2.05) is 20.8 Å². The molecule has 0 bridgehead atoms. The van der Waals surface area contributed by atoms with Gasteiger partial charge in [-0.25, -0.2) is 0 Å². The molecule has 2 nitrogen and oxygen atoms in total. The molecule has 0 N–H and O–H groups in total. The Hall–Kier alpha value is -0.530. The molecule has 0 heterocycles. The number of unbranched alkanes of at least 4 members (excludes halogenated alkanes) is 13. The molecule has 1 atom stereocenters. The monoisotopic (exact) mass is 382 g/mol. The largest absolute Gasteiger partial charge is 0.462 e. The van der Waals surface area contributed by atoms with E-state index in [-0.39, 0.29) is 12.1 Å². The predicted molar refractivity (Wildman–Crippen MR) is 119 cm³/mol. The van der Waals surface area contributed by atoms with Gasteiger partial charge in [0.15, 0.2) is 0 Å². The number of hydrogen-bond acceptors (Lipinski definition) is 2. The van der Waals surface area contributed by atoms with Gasteiger partial charge in [0.25, 0.3) is 0 Å². The van der Waals surface area contributed by atoms with Crippen LogP contribution in [0.25, 0.3) is 0 Å². The molecule has 1 unspecified atom stereocenters. The van der Waals surface area contributed by atoms with Gasteiger partial charge in [0.1, 0.15) is 6.10 Å². The molecule has 0 saturated heterocycles. The highest BCUT2D eigenvalue weighted by Crippen LogP contribution is 2.22. The fourth-order valence-electron chi connectivity index (χ4n) is 3.43. The first-order chi connectivity index (χ1) is 12.9. The van der Waals surface area contributed by atoms with Crippen molar-refractivity contribution in [3.8, 4) is 0 Å². The Bertz CT molecular complexity index is 330. The zero-order chi connectivity index (χ0) is 20.4. The summed E-state index contributed by atoms with van der Waals surface area (Å²) in [6.07, 6.45) is 22.2. The molecule has 0 amide bonds. The summed E-state index contributed by atoms with van der Waals surface area (Å²) in [7, 11) is 0. The van der Waals surface area contributed by atoms with Crippen molar-refractivity contribution < 1.29 is 9.53 Å². The zero-order valence-electron chi connectivity index (χ0n) is 19.4. The minimum atomic E-state index is -0.391. The average Bonchev–Trinajstić information content (AvgIpc) is 2.61. The van der Waals surface area contributed by atoms with Crippen molar-refractivity contribution in [1.29, 1.82) is 0 Å². The molecule has 0 radical (unpaired) electrons. The minimum absolute atomic E-state index is 0.0341. The van der Waals surface area contributed by atoms with Crippen molar-refractivity contribution in [2.24, 2.45) is 5.41 Å². The summed E-state index contributed by atoms with van der Waals surface area (Å²) in [6.45, 7) is 10.4. The molecule has 27 heavy (non-hydrogen) atoms. The number of carbonyl (C=O) groups is 1. The van der Waals surface area contributed by atoms with Gasteiger partial charge >= 0.3 is 5.97 Å². The summed E-state index contributed by atoms with van der Waals surface area (Å²) in [5.74, 6) is -0.0341. The molecule has 0 saturated carbocycles. The maximum Gasteiger partial charge on any atom is 0.311 e. The molecule has 0 aliphatic heterocycles. The molecule has 0 aliphatic carbocycles. The normalized spacial score (nSPS) is 12.9. The Labute approximate surface area is 171 Å². The Morgan fingerprint density at radius 1 is 0.630 bits per heavy atom. The molecule has 162 valence electrons. The first-order valence-corrected chi connectivity index (χ1v) is 12.1. The van der Waals surface area contributed by atoms with Crippen LogP contribution in [0.15, 0.2) is 0 Å². The maximum absolute atomic E-state index is 12.3. The Morgan fingerprint density at radius 2 is 0.963 bits per heavy atom. The minimum Gasteiger partial charge on any atom is -0.462 e. The van der Waals surface area contributed by atoms with Gasteiger partial charge in [0.05, 0.1) is 5.41 Å². The van der Waals surface area contributed by atoms with E-state index in [0.29, 0.717) is 0 Å². The Morgan fingerprint density at radius 3 is 1.30 bits per heavy atom. The van der Waals surface area contributed by atoms with E-state index in [9.17, 15) is 4.79 Å².